The molecule has 12 heteroatoms. The molecule has 428 valence electrons. The van der Waals surface area contributed by atoms with Crippen molar-refractivity contribution in [2.75, 3.05) is 26.4 Å². The molecule has 3 unspecified atom stereocenters. The standard InChI is InChI=1S/C62H109O11P/c1-4-7-10-13-16-19-22-25-28-29-32-35-38-41-44-47-50-53-62(66)73-59(55-69-60(64)51-48-45-42-39-36-33-30-26-23-20-17-14-11-8-5-2)57-71-74(67,68)70-56-58(54-63)72-61(65)52-49-46-43-40-37-34-31-27-24-21-18-15-12-9-6-3/h9,12,16,18-19,21,25,27-28,31,37,40,58-59,63H,4-8,10-11,13-15,17,20,22-24,26,29-30,32-36,38-39,41-57H2,1-3H3,(H,67,68)/b12-9-,19-16-,21-18-,28-25-,31-27-,40-37-. The second kappa shape index (κ2) is 56.1. The third-order valence-corrected chi connectivity index (χ3v) is 13.6. The van der Waals surface area contributed by atoms with Crippen LogP contribution in [0.25, 0.3) is 0 Å². The molecule has 0 amide bonds. The molecule has 3 atom stereocenters. The second-order valence-electron chi connectivity index (χ2n) is 19.8. The Kier molecular flexibility index (Phi) is 53.8. The van der Waals surface area contributed by atoms with Gasteiger partial charge in [0.1, 0.15) is 12.7 Å². The summed E-state index contributed by atoms with van der Waals surface area (Å²) in [5, 5.41) is 9.81. The van der Waals surface area contributed by atoms with E-state index in [4.69, 9.17) is 23.3 Å². The van der Waals surface area contributed by atoms with Crippen LogP contribution < -0.4 is 0 Å². The highest BCUT2D eigenvalue weighted by Crippen LogP contribution is 2.43. The number of ether oxygens (including phenoxy) is 3. The summed E-state index contributed by atoms with van der Waals surface area (Å²) in [5.74, 6) is -1.51. The number of phosphoric ester groups is 1. The average Bonchev–Trinajstić information content (AvgIpc) is 3.39. The number of hydrogen-bond donors (Lipinski definition) is 2. The molecular formula is C62H109O11P. The first kappa shape index (κ1) is 70.9. The Hall–Kier alpha value is -3.08. The highest BCUT2D eigenvalue weighted by Gasteiger charge is 2.28. The number of carbonyl (C=O) groups excluding carboxylic acids is 3. The minimum atomic E-state index is -4.76. The summed E-state index contributed by atoms with van der Waals surface area (Å²) in [6.45, 7) is 4.48. The Bertz CT molecular complexity index is 1520. The number of unbranched alkanes of at least 4 members (excludes halogenated alkanes) is 26. The molecule has 74 heavy (non-hydrogen) atoms. The number of allylic oxidation sites excluding steroid dienone is 12. The zero-order valence-electron chi connectivity index (χ0n) is 47.3. The minimum absolute atomic E-state index is 0.123. The van der Waals surface area contributed by atoms with E-state index in [-0.39, 0.29) is 25.9 Å². The normalized spacial score (nSPS) is 13.9. The van der Waals surface area contributed by atoms with Crippen LogP contribution in [0.5, 0.6) is 0 Å². The van der Waals surface area contributed by atoms with Crippen LogP contribution in [-0.2, 0) is 42.2 Å². The fraction of sp³-hybridized carbons (Fsp3) is 0.758. The van der Waals surface area contributed by atoms with Crippen LogP contribution in [0.2, 0.25) is 0 Å². The van der Waals surface area contributed by atoms with E-state index in [1.807, 2.05) is 0 Å². The van der Waals surface area contributed by atoms with E-state index in [0.29, 0.717) is 19.3 Å². The summed E-state index contributed by atoms with van der Waals surface area (Å²) < 4.78 is 39.5. The number of aliphatic hydroxyl groups is 1. The molecule has 2 N–H and O–H groups in total. The van der Waals surface area contributed by atoms with E-state index < -0.39 is 57.8 Å². The predicted molar refractivity (Wildman–Crippen MR) is 307 cm³/mol. The Balaban J connectivity index is 4.76. The predicted octanol–water partition coefficient (Wildman–Crippen LogP) is 17.7. The lowest BCUT2D eigenvalue weighted by molar-refractivity contribution is -0.161. The molecular weight excluding hydrogens is 952 g/mol. The maximum Gasteiger partial charge on any atom is 0.472 e. The first-order valence-electron chi connectivity index (χ1n) is 29.8. The van der Waals surface area contributed by atoms with Crippen LogP contribution in [-0.4, -0.2) is 66.5 Å². The molecule has 0 aliphatic heterocycles. The van der Waals surface area contributed by atoms with Crippen molar-refractivity contribution in [3.05, 3.63) is 72.9 Å². The molecule has 0 spiro atoms. The number of carbonyl (C=O) groups is 3. The van der Waals surface area contributed by atoms with Gasteiger partial charge in [0.05, 0.1) is 19.8 Å². The van der Waals surface area contributed by atoms with Gasteiger partial charge in [-0.2, -0.15) is 0 Å². The van der Waals surface area contributed by atoms with Crippen LogP contribution in [0.4, 0.5) is 0 Å². The van der Waals surface area contributed by atoms with Crippen molar-refractivity contribution < 1.29 is 52.2 Å². The molecule has 0 aliphatic carbocycles. The molecule has 0 fully saturated rings. The lowest BCUT2D eigenvalue weighted by Crippen LogP contribution is -2.30. The molecule has 0 aliphatic rings. The van der Waals surface area contributed by atoms with Gasteiger partial charge in [0.2, 0.25) is 0 Å². The van der Waals surface area contributed by atoms with Gasteiger partial charge in [-0.05, 0) is 89.9 Å². The third kappa shape index (κ3) is 53.7. The van der Waals surface area contributed by atoms with Gasteiger partial charge in [0, 0.05) is 19.3 Å². The summed E-state index contributed by atoms with van der Waals surface area (Å²) in [5.41, 5.74) is 0. The SMILES string of the molecule is CC/C=C\C/C=C\C/C=C\C/C=C\CCCCC(=O)OC(CO)COP(=O)(O)OCC(COC(=O)CCCCCCCCCCCCCCCCC)OC(=O)CCCCCCCCC/C=C\C/C=C\CCCCC. The van der Waals surface area contributed by atoms with Crippen LogP contribution >= 0.6 is 7.82 Å². The molecule has 0 aromatic rings. The van der Waals surface area contributed by atoms with Gasteiger partial charge < -0.3 is 24.2 Å². The zero-order chi connectivity index (χ0) is 54.1. The Labute approximate surface area is 452 Å². The number of esters is 3. The van der Waals surface area contributed by atoms with Crippen molar-refractivity contribution in [3.63, 3.8) is 0 Å². The smallest absolute Gasteiger partial charge is 0.462 e. The summed E-state index contributed by atoms with van der Waals surface area (Å²) in [7, 11) is -4.76. The molecule has 0 saturated heterocycles. The van der Waals surface area contributed by atoms with Crippen molar-refractivity contribution in [3.8, 4) is 0 Å². The van der Waals surface area contributed by atoms with Crippen molar-refractivity contribution in [2.45, 2.75) is 277 Å². The highest BCUT2D eigenvalue weighted by molar-refractivity contribution is 7.47. The molecule has 0 bridgehead atoms. The molecule has 0 aromatic heterocycles. The maximum atomic E-state index is 12.9. The van der Waals surface area contributed by atoms with E-state index >= 15 is 0 Å². The van der Waals surface area contributed by atoms with Gasteiger partial charge >= 0.3 is 25.7 Å². The molecule has 0 radical (unpaired) electrons. The largest absolute Gasteiger partial charge is 0.472 e. The number of phosphoric acid groups is 1. The molecule has 0 saturated carbocycles. The lowest BCUT2D eigenvalue weighted by atomic mass is 10.0. The van der Waals surface area contributed by atoms with Crippen LogP contribution in [0.3, 0.4) is 0 Å². The zero-order valence-corrected chi connectivity index (χ0v) is 48.2. The highest BCUT2D eigenvalue weighted by atomic mass is 31.2. The van der Waals surface area contributed by atoms with Gasteiger partial charge in [-0.15, -0.1) is 0 Å². The lowest BCUT2D eigenvalue weighted by Gasteiger charge is -2.21. The topological polar surface area (TPSA) is 155 Å². The second-order valence-corrected chi connectivity index (χ2v) is 21.2. The van der Waals surface area contributed by atoms with E-state index in [0.717, 1.165) is 96.3 Å². The maximum absolute atomic E-state index is 12.9. The van der Waals surface area contributed by atoms with E-state index in [9.17, 15) is 28.9 Å². The van der Waals surface area contributed by atoms with Crippen molar-refractivity contribution >= 4 is 25.7 Å². The monoisotopic (exact) mass is 1060 g/mol. The molecule has 0 rings (SSSR count). The Morgan fingerprint density at radius 1 is 0.392 bits per heavy atom. The summed E-state index contributed by atoms with van der Waals surface area (Å²) in [6, 6.07) is 0. The van der Waals surface area contributed by atoms with E-state index in [1.54, 1.807) is 0 Å². The number of aliphatic hydroxyl groups excluding tert-OH is 1. The summed E-state index contributed by atoms with van der Waals surface area (Å²) in [6.07, 6.45) is 62.8. The average molecular weight is 1060 g/mol. The number of hydrogen-bond acceptors (Lipinski definition) is 10. The van der Waals surface area contributed by atoms with E-state index in [2.05, 4.69) is 93.7 Å². The number of rotatable bonds is 55. The fourth-order valence-electron chi connectivity index (χ4n) is 8.08. The Morgan fingerprint density at radius 3 is 1.14 bits per heavy atom. The van der Waals surface area contributed by atoms with Crippen molar-refractivity contribution in [2.24, 2.45) is 0 Å². The molecule has 11 nitrogen and oxygen atoms in total. The van der Waals surface area contributed by atoms with Gasteiger partial charge in [-0.1, -0.05) is 229 Å². The summed E-state index contributed by atoms with van der Waals surface area (Å²) >= 11 is 0. The first-order chi connectivity index (χ1) is 36.2. The first-order valence-corrected chi connectivity index (χ1v) is 31.3. The molecule has 0 aromatic carbocycles. The minimum Gasteiger partial charge on any atom is -0.462 e. The summed E-state index contributed by atoms with van der Waals surface area (Å²) in [4.78, 5) is 48.6. The fourth-order valence-corrected chi connectivity index (χ4v) is 8.87. The van der Waals surface area contributed by atoms with Crippen LogP contribution in [0.1, 0.15) is 265 Å². The third-order valence-electron chi connectivity index (χ3n) is 12.6. The quantitative estimate of drug-likeness (QED) is 0.0197. The van der Waals surface area contributed by atoms with Crippen LogP contribution in [0.15, 0.2) is 72.9 Å². The Morgan fingerprint density at radius 2 is 0.703 bits per heavy atom. The van der Waals surface area contributed by atoms with Gasteiger partial charge in [-0.25, -0.2) is 4.57 Å². The van der Waals surface area contributed by atoms with Gasteiger partial charge in [0.25, 0.3) is 0 Å². The van der Waals surface area contributed by atoms with Gasteiger partial charge in [-0.3, -0.25) is 23.4 Å². The van der Waals surface area contributed by atoms with Gasteiger partial charge in [0.15, 0.2) is 6.10 Å². The van der Waals surface area contributed by atoms with E-state index in [1.165, 1.54) is 109 Å². The molecule has 0 heterocycles. The van der Waals surface area contributed by atoms with Crippen molar-refractivity contribution in [1.82, 2.24) is 0 Å². The van der Waals surface area contributed by atoms with Crippen molar-refractivity contribution in [1.29, 1.82) is 0 Å². The van der Waals surface area contributed by atoms with Crippen LogP contribution in [0, 0.1) is 0 Å².